The van der Waals surface area contributed by atoms with E-state index < -0.39 is 0 Å². The van der Waals surface area contributed by atoms with Crippen LogP contribution in [0.5, 0.6) is 5.75 Å². The zero-order chi connectivity index (χ0) is 12.0. The Labute approximate surface area is 107 Å². The van der Waals surface area contributed by atoms with Crippen LogP contribution in [0, 0.1) is 5.92 Å². The van der Waals surface area contributed by atoms with Crippen LogP contribution in [0.1, 0.15) is 12.0 Å². The predicted octanol–water partition coefficient (Wildman–Crippen LogP) is 2.95. The Balaban J connectivity index is 1.80. The summed E-state index contributed by atoms with van der Waals surface area (Å²) in [6, 6.07) is 8.35. The number of hydrogen-bond acceptors (Lipinski definition) is 2. The largest absolute Gasteiger partial charge is 0.480 e. The van der Waals surface area contributed by atoms with Crippen molar-refractivity contribution in [1.82, 2.24) is 0 Å². The summed E-state index contributed by atoms with van der Waals surface area (Å²) in [5, 5.41) is 0. The lowest BCUT2D eigenvalue weighted by atomic mass is 9.76. The fourth-order valence-electron chi connectivity index (χ4n) is 3.25. The van der Waals surface area contributed by atoms with Crippen molar-refractivity contribution in [2.75, 3.05) is 6.54 Å². The number of benzene rings is 1. The molecule has 2 heterocycles. The van der Waals surface area contributed by atoms with Gasteiger partial charge in [-0.1, -0.05) is 36.4 Å². The van der Waals surface area contributed by atoms with Crippen LogP contribution in [0.15, 0.2) is 53.1 Å². The molecule has 0 aromatic heterocycles. The molecule has 0 amide bonds. The first-order chi connectivity index (χ1) is 8.87. The Kier molecular flexibility index (Phi) is 2.01. The third kappa shape index (κ3) is 1.32. The molecule has 0 saturated carbocycles. The van der Waals surface area contributed by atoms with Gasteiger partial charge in [0, 0.05) is 18.6 Å². The molecule has 0 saturated heterocycles. The monoisotopic (exact) mass is 237 g/mol. The van der Waals surface area contributed by atoms with Gasteiger partial charge in [-0.3, -0.25) is 4.99 Å². The summed E-state index contributed by atoms with van der Waals surface area (Å²) in [7, 11) is 0. The fraction of sp³-hybridized carbons (Fsp3) is 0.312. The maximum absolute atomic E-state index is 6.29. The number of fused-ring (bicyclic) bond motifs is 3. The van der Waals surface area contributed by atoms with E-state index in [0.29, 0.717) is 5.92 Å². The minimum absolute atomic E-state index is 0.214. The van der Waals surface area contributed by atoms with Crippen LogP contribution >= 0.6 is 0 Å². The van der Waals surface area contributed by atoms with Gasteiger partial charge >= 0.3 is 0 Å². The van der Waals surface area contributed by atoms with Crippen LogP contribution in [0.25, 0.3) is 0 Å². The summed E-state index contributed by atoms with van der Waals surface area (Å²) < 4.78 is 6.29. The molecule has 1 aromatic carbocycles. The van der Waals surface area contributed by atoms with E-state index in [1.54, 1.807) is 0 Å². The Hall–Kier alpha value is -1.83. The minimum atomic E-state index is -0.214. The van der Waals surface area contributed by atoms with Crippen LogP contribution in [0.2, 0.25) is 0 Å². The SMILES string of the molecule is C1=CCC2C=NC[C@]3(Cc4ccccc4O3)C2=C1. The van der Waals surface area contributed by atoms with Gasteiger partial charge in [-0.25, -0.2) is 0 Å². The van der Waals surface area contributed by atoms with Crippen molar-refractivity contribution < 1.29 is 4.74 Å². The maximum Gasteiger partial charge on any atom is 0.154 e. The highest BCUT2D eigenvalue weighted by molar-refractivity contribution is 5.70. The van der Waals surface area contributed by atoms with E-state index in [1.807, 2.05) is 6.07 Å². The molecule has 0 radical (unpaired) electrons. The lowest BCUT2D eigenvalue weighted by Gasteiger charge is -2.37. The Morgan fingerprint density at radius 3 is 3.17 bits per heavy atom. The molecule has 2 heteroatoms. The molecule has 2 nitrogen and oxygen atoms in total. The molecule has 0 fully saturated rings. The highest BCUT2D eigenvalue weighted by atomic mass is 16.5. The Bertz CT molecular complexity index is 558. The molecule has 1 spiro atoms. The summed E-state index contributed by atoms with van der Waals surface area (Å²) in [4.78, 5) is 4.56. The number of hydrogen-bond donors (Lipinski definition) is 0. The predicted molar refractivity (Wildman–Crippen MR) is 72.2 cm³/mol. The van der Waals surface area contributed by atoms with Crippen molar-refractivity contribution in [3.05, 3.63) is 53.6 Å². The first kappa shape index (κ1) is 10.1. The number of allylic oxidation sites excluding steroid dienone is 3. The third-order valence-corrected chi connectivity index (χ3v) is 4.11. The second kappa shape index (κ2) is 3.58. The average Bonchev–Trinajstić information content (AvgIpc) is 2.78. The van der Waals surface area contributed by atoms with Gasteiger partial charge in [0.1, 0.15) is 5.75 Å². The standard InChI is InChI=1S/C16H15NO/c1-3-7-14-13(6-1)10-17-11-16(14)9-12-5-2-4-8-15(12)18-16/h1-5,7-8,10,13H,6,9,11H2/t13?,16-/m1/s1. The van der Waals surface area contributed by atoms with Gasteiger partial charge in [-0.05, 0) is 23.6 Å². The zero-order valence-corrected chi connectivity index (χ0v) is 10.2. The molecule has 2 aliphatic heterocycles. The van der Waals surface area contributed by atoms with Gasteiger partial charge in [-0.15, -0.1) is 0 Å². The number of aliphatic imine (C=N–C) groups is 1. The summed E-state index contributed by atoms with van der Waals surface area (Å²) in [6.45, 7) is 0.748. The van der Waals surface area contributed by atoms with Gasteiger partial charge < -0.3 is 4.74 Å². The zero-order valence-electron chi connectivity index (χ0n) is 10.2. The van der Waals surface area contributed by atoms with Crippen molar-refractivity contribution >= 4 is 6.21 Å². The second-order valence-corrected chi connectivity index (χ2v) is 5.26. The number of para-hydroxylation sites is 1. The van der Waals surface area contributed by atoms with E-state index in [9.17, 15) is 0 Å². The fourth-order valence-corrected chi connectivity index (χ4v) is 3.25. The highest BCUT2D eigenvalue weighted by Gasteiger charge is 2.46. The summed E-state index contributed by atoms with van der Waals surface area (Å²) in [5.74, 6) is 1.46. The number of nitrogens with zero attached hydrogens (tertiary/aromatic N) is 1. The van der Waals surface area contributed by atoms with Crippen molar-refractivity contribution in [3.63, 3.8) is 0 Å². The number of rotatable bonds is 0. The van der Waals surface area contributed by atoms with E-state index in [0.717, 1.165) is 25.1 Å². The van der Waals surface area contributed by atoms with Crippen LogP contribution in [-0.2, 0) is 6.42 Å². The molecular weight excluding hydrogens is 222 g/mol. The smallest absolute Gasteiger partial charge is 0.154 e. The molecule has 18 heavy (non-hydrogen) atoms. The molecule has 4 rings (SSSR count). The van der Waals surface area contributed by atoms with Gasteiger partial charge in [-0.2, -0.15) is 0 Å². The quantitative estimate of drug-likeness (QED) is 0.680. The minimum Gasteiger partial charge on any atom is -0.480 e. The Morgan fingerprint density at radius 2 is 2.22 bits per heavy atom. The van der Waals surface area contributed by atoms with E-state index in [1.165, 1.54) is 11.1 Å². The molecule has 1 aliphatic carbocycles. The first-order valence-electron chi connectivity index (χ1n) is 6.51. The topological polar surface area (TPSA) is 21.6 Å². The van der Waals surface area contributed by atoms with E-state index >= 15 is 0 Å². The van der Waals surface area contributed by atoms with Gasteiger partial charge in [0.25, 0.3) is 0 Å². The van der Waals surface area contributed by atoms with Gasteiger partial charge in [0.15, 0.2) is 5.60 Å². The Morgan fingerprint density at radius 1 is 1.28 bits per heavy atom. The lowest BCUT2D eigenvalue weighted by molar-refractivity contribution is 0.132. The molecule has 1 unspecified atom stereocenters. The molecule has 2 atom stereocenters. The molecule has 90 valence electrons. The van der Waals surface area contributed by atoms with E-state index in [-0.39, 0.29) is 5.60 Å². The van der Waals surface area contributed by atoms with Crippen molar-refractivity contribution in [2.45, 2.75) is 18.4 Å². The molecule has 0 bridgehead atoms. The summed E-state index contributed by atoms with van der Waals surface area (Å²) in [5.41, 5.74) is 2.49. The van der Waals surface area contributed by atoms with E-state index in [4.69, 9.17) is 4.74 Å². The summed E-state index contributed by atoms with van der Waals surface area (Å²) >= 11 is 0. The number of ether oxygens (including phenoxy) is 1. The van der Waals surface area contributed by atoms with Crippen LogP contribution in [0.3, 0.4) is 0 Å². The van der Waals surface area contributed by atoms with E-state index in [2.05, 4.69) is 47.6 Å². The molecule has 3 aliphatic rings. The van der Waals surface area contributed by atoms with Crippen LogP contribution < -0.4 is 4.74 Å². The van der Waals surface area contributed by atoms with Crippen molar-refractivity contribution in [1.29, 1.82) is 0 Å². The molecule has 0 N–H and O–H groups in total. The molecule has 1 aromatic rings. The average molecular weight is 237 g/mol. The van der Waals surface area contributed by atoms with Gasteiger partial charge in [0.05, 0.1) is 6.54 Å². The van der Waals surface area contributed by atoms with Crippen molar-refractivity contribution in [3.8, 4) is 5.75 Å². The second-order valence-electron chi connectivity index (χ2n) is 5.26. The van der Waals surface area contributed by atoms with Crippen LogP contribution in [-0.4, -0.2) is 18.4 Å². The third-order valence-electron chi connectivity index (χ3n) is 4.11. The first-order valence-corrected chi connectivity index (χ1v) is 6.51. The van der Waals surface area contributed by atoms with Crippen molar-refractivity contribution in [2.24, 2.45) is 10.9 Å². The maximum atomic E-state index is 6.29. The molecular formula is C16H15NO. The normalized spacial score (nSPS) is 31.8. The van der Waals surface area contributed by atoms with Gasteiger partial charge in [0.2, 0.25) is 0 Å². The van der Waals surface area contributed by atoms with Crippen LogP contribution in [0.4, 0.5) is 0 Å². The lowest BCUT2D eigenvalue weighted by Crippen LogP contribution is -2.45. The highest BCUT2D eigenvalue weighted by Crippen LogP contribution is 2.44. The summed E-state index contributed by atoms with van der Waals surface area (Å²) in [6.07, 6.45) is 10.7.